The molecule has 0 radical (unpaired) electrons. The van der Waals surface area contributed by atoms with Crippen LogP contribution in [0.3, 0.4) is 0 Å². The molecule has 2 aliphatic heterocycles. The Morgan fingerprint density at radius 3 is 2.82 bits per heavy atom. The summed E-state index contributed by atoms with van der Waals surface area (Å²) in [6, 6.07) is 7.93. The molecule has 1 unspecified atom stereocenters. The Morgan fingerprint density at radius 2 is 1.97 bits per heavy atom. The van der Waals surface area contributed by atoms with Crippen molar-refractivity contribution in [3.8, 4) is 11.3 Å². The number of carbonyl (C=O) groups excluding carboxylic acids is 1. The van der Waals surface area contributed by atoms with Crippen LogP contribution < -0.4 is 5.73 Å². The molecule has 6 nitrogen and oxygen atoms in total. The summed E-state index contributed by atoms with van der Waals surface area (Å²) in [5, 5.41) is 0.759. The summed E-state index contributed by atoms with van der Waals surface area (Å²) in [7, 11) is 0. The molecule has 34 heavy (non-hydrogen) atoms. The van der Waals surface area contributed by atoms with E-state index in [4.69, 9.17) is 17.3 Å². The average Bonchev–Trinajstić information content (AvgIpc) is 3.56. The molecule has 0 bridgehead atoms. The molecular formula is C25H20ClF2N5O. The van der Waals surface area contributed by atoms with Crippen molar-refractivity contribution >= 4 is 39.7 Å². The molecule has 0 spiro atoms. The minimum atomic E-state index is -0.611. The minimum Gasteiger partial charge on any atom is -0.398 e. The van der Waals surface area contributed by atoms with E-state index >= 15 is 4.39 Å². The largest absolute Gasteiger partial charge is 0.398 e. The highest BCUT2D eigenvalue weighted by molar-refractivity contribution is 6.31. The maximum Gasteiger partial charge on any atom is 0.247 e. The lowest BCUT2D eigenvalue weighted by Gasteiger charge is -2.33. The molecule has 0 aliphatic carbocycles. The molecular weight excluding hydrogens is 460 g/mol. The van der Waals surface area contributed by atoms with Crippen LogP contribution in [-0.2, 0) is 4.79 Å². The number of aromatic nitrogens is 3. The van der Waals surface area contributed by atoms with Gasteiger partial charge in [-0.05, 0) is 49.1 Å². The minimum absolute atomic E-state index is 0.0304. The second-order valence-corrected chi connectivity index (χ2v) is 9.15. The molecule has 2 aliphatic rings. The fraction of sp³-hybridized carbons (Fsp3) is 0.200. The highest BCUT2D eigenvalue weighted by atomic mass is 35.5. The van der Waals surface area contributed by atoms with Crippen LogP contribution in [-0.4, -0.2) is 31.8 Å². The molecule has 4 heterocycles. The molecule has 0 saturated carbocycles. The summed E-state index contributed by atoms with van der Waals surface area (Å²) in [6.07, 6.45) is 6.61. The van der Waals surface area contributed by atoms with E-state index in [1.807, 2.05) is 12.1 Å². The number of aromatic amines is 2. The number of hydrogen-bond donors (Lipinski definition) is 3. The number of nitrogens with one attached hydrogen (secondary N) is 2. The second-order valence-electron chi connectivity index (χ2n) is 8.74. The SMILES string of the molecule is Nc1ccc(Cl)c(F)c1C1=CC(=O)N2C(CC[C@H]2c2ncc(-c3ccc4cc[nH]c4c3F)[nH]2)C1. The number of nitrogens with two attached hydrogens (primary N) is 1. The lowest BCUT2D eigenvalue weighted by molar-refractivity contribution is -0.129. The first kappa shape index (κ1) is 20.9. The summed E-state index contributed by atoms with van der Waals surface area (Å²) in [4.78, 5) is 25.5. The van der Waals surface area contributed by atoms with E-state index in [1.54, 1.807) is 29.4 Å². The van der Waals surface area contributed by atoms with Gasteiger partial charge in [0.1, 0.15) is 5.82 Å². The van der Waals surface area contributed by atoms with Gasteiger partial charge in [0, 0.05) is 40.5 Å². The number of H-pyrrole nitrogens is 2. The monoisotopic (exact) mass is 479 g/mol. The van der Waals surface area contributed by atoms with Crippen molar-refractivity contribution in [3.05, 3.63) is 76.8 Å². The second kappa shape index (κ2) is 7.70. The molecule has 6 rings (SSSR count). The Morgan fingerprint density at radius 1 is 1.12 bits per heavy atom. The molecule has 1 fully saturated rings. The van der Waals surface area contributed by atoms with Crippen LogP contribution >= 0.6 is 11.6 Å². The zero-order valence-corrected chi connectivity index (χ0v) is 18.7. The van der Waals surface area contributed by atoms with Gasteiger partial charge in [0.25, 0.3) is 0 Å². The van der Waals surface area contributed by atoms with Crippen molar-refractivity contribution in [1.29, 1.82) is 0 Å². The van der Waals surface area contributed by atoms with E-state index in [-0.39, 0.29) is 40.1 Å². The van der Waals surface area contributed by atoms with Crippen LogP contribution in [0.2, 0.25) is 5.02 Å². The quantitative estimate of drug-likeness (QED) is 0.334. The third kappa shape index (κ3) is 3.13. The van der Waals surface area contributed by atoms with Gasteiger partial charge in [-0.15, -0.1) is 0 Å². The summed E-state index contributed by atoms with van der Waals surface area (Å²) in [5.41, 5.74) is 8.38. The predicted molar refractivity (Wildman–Crippen MR) is 127 cm³/mol. The summed E-state index contributed by atoms with van der Waals surface area (Å²) in [5.74, 6) is -0.600. The summed E-state index contributed by atoms with van der Waals surface area (Å²) < 4.78 is 29.7. The molecule has 2 aromatic carbocycles. The number of rotatable bonds is 3. The topological polar surface area (TPSA) is 90.8 Å². The lowest BCUT2D eigenvalue weighted by atomic mass is 9.92. The lowest BCUT2D eigenvalue weighted by Crippen LogP contribution is -2.39. The Kier molecular flexibility index (Phi) is 4.74. The van der Waals surface area contributed by atoms with Gasteiger partial charge in [-0.2, -0.15) is 0 Å². The third-order valence-electron chi connectivity index (χ3n) is 6.82. The zero-order valence-electron chi connectivity index (χ0n) is 17.9. The predicted octanol–water partition coefficient (Wildman–Crippen LogP) is 5.59. The molecule has 4 N–H and O–H groups in total. The number of imidazole rings is 1. The standard InChI is InChI=1S/C25H20ClF2N5O/c26-16-4-5-17(29)21(23(16)28)13-9-14-2-6-19(33(14)20(34)10-13)25-31-11-18(32-25)15-3-1-12-7-8-30-24(12)22(15)27/h1,3-5,7-8,10-11,14,19,30H,2,6,9,29H2,(H,31,32)/t14?,19-/m0/s1. The number of fused-ring (bicyclic) bond motifs is 2. The average molecular weight is 480 g/mol. The van der Waals surface area contributed by atoms with Crippen molar-refractivity contribution in [2.24, 2.45) is 0 Å². The van der Waals surface area contributed by atoms with Gasteiger partial charge in [0.15, 0.2) is 11.6 Å². The van der Waals surface area contributed by atoms with Crippen LogP contribution in [0.25, 0.3) is 27.7 Å². The fourth-order valence-electron chi connectivity index (χ4n) is 5.23. The molecule has 1 amide bonds. The van der Waals surface area contributed by atoms with Gasteiger partial charge in [0.05, 0.1) is 28.5 Å². The van der Waals surface area contributed by atoms with Crippen LogP contribution in [0, 0.1) is 11.6 Å². The van der Waals surface area contributed by atoms with Gasteiger partial charge in [0.2, 0.25) is 5.91 Å². The van der Waals surface area contributed by atoms with Crippen LogP contribution in [0.5, 0.6) is 0 Å². The van der Waals surface area contributed by atoms with Crippen molar-refractivity contribution in [2.45, 2.75) is 31.3 Å². The Hall–Kier alpha value is -3.65. The number of carbonyl (C=O) groups is 1. The number of halogens is 3. The van der Waals surface area contributed by atoms with E-state index < -0.39 is 5.82 Å². The van der Waals surface area contributed by atoms with Crippen LogP contribution in [0.1, 0.15) is 36.7 Å². The maximum absolute atomic E-state index is 15.0. The Balaban J connectivity index is 1.31. The fourth-order valence-corrected chi connectivity index (χ4v) is 5.39. The number of benzene rings is 2. The van der Waals surface area contributed by atoms with Crippen molar-refractivity contribution in [1.82, 2.24) is 19.9 Å². The molecule has 1 saturated heterocycles. The summed E-state index contributed by atoms with van der Waals surface area (Å²) in [6.45, 7) is 0. The molecule has 2 aromatic heterocycles. The third-order valence-corrected chi connectivity index (χ3v) is 7.12. The number of anilines is 1. The molecule has 9 heteroatoms. The van der Waals surface area contributed by atoms with Crippen LogP contribution in [0.4, 0.5) is 14.5 Å². The van der Waals surface area contributed by atoms with Gasteiger partial charge < -0.3 is 20.6 Å². The van der Waals surface area contributed by atoms with Crippen molar-refractivity contribution in [2.75, 3.05) is 5.73 Å². The van der Waals surface area contributed by atoms with E-state index in [1.165, 1.54) is 12.1 Å². The number of nitrogens with zero attached hydrogens (tertiary/aromatic N) is 2. The summed E-state index contributed by atoms with van der Waals surface area (Å²) >= 11 is 5.95. The van der Waals surface area contributed by atoms with E-state index in [0.717, 1.165) is 11.8 Å². The zero-order chi connectivity index (χ0) is 23.6. The number of nitrogen functional groups attached to an aromatic ring is 1. The molecule has 172 valence electrons. The maximum atomic E-state index is 15.0. The normalized spacial score (nSPS) is 20.1. The van der Waals surface area contributed by atoms with E-state index in [2.05, 4.69) is 15.0 Å². The van der Waals surface area contributed by atoms with E-state index in [9.17, 15) is 9.18 Å². The van der Waals surface area contributed by atoms with Gasteiger partial charge in [-0.3, -0.25) is 4.79 Å². The Bertz CT molecular complexity index is 1490. The highest BCUT2D eigenvalue weighted by Gasteiger charge is 2.42. The van der Waals surface area contributed by atoms with Crippen molar-refractivity contribution in [3.63, 3.8) is 0 Å². The highest BCUT2D eigenvalue weighted by Crippen LogP contribution is 2.44. The first-order chi connectivity index (χ1) is 16.4. The van der Waals surface area contributed by atoms with Gasteiger partial charge in [-0.25, -0.2) is 13.8 Å². The van der Waals surface area contributed by atoms with Crippen LogP contribution in [0.15, 0.2) is 48.8 Å². The smallest absolute Gasteiger partial charge is 0.247 e. The number of hydrogen-bond acceptors (Lipinski definition) is 3. The van der Waals surface area contributed by atoms with E-state index in [0.29, 0.717) is 41.0 Å². The van der Waals surface area contributed by atoms with Crippen molar-refractivity contribution < 1.29 is 13.6 Å². The van der Waals surface area contributed by atoms with Gasteiger partial charge >= 0.3 is 0 Å². The first-order valence-corrected chi connectivity index (χ1v) is 11.4. The van der Waals surface area contributed by atoms with Gasteiger partial charge in [-0.1, -0.05) is 17.7 Å². The number of amides is 1. The first-order valence-electron chi connectivity index (χ1n) is 11.0. The molecule has 2 atom stereocenters. The Labute approximate surface area is 198 Å². The molecule has 4 aromatic rings.